The summed E-state index contributed by atoms with van der Waals surface area (Å²) in [4.78, 5) is 36.6. The fourth-order valence-corrected chi connectivity index (χ4v) is 1.92. The molecule has 1 aromatic heterocycles. The molecule has 0 aliphatic carbocycles. The third-order valence-corrected chi connectivity index (χ3v) is 3.05. The number of rotatable bonds is 5. The van der Waals surface area contributed by atoms with E-state index in [0.29, 0.717) is 16.9 Å². The van der Waals surface area contributed by atoms with Crippen LogP contribution in [0.5, 0.6) is 5.75 Å². The van der Waals surface area contributed by atoms with E-state index in [1.165, 1.54) is 17.7 Å². The zero-order chi connectivity index (χ0) is 15.4. The predicted molar refractivity (Wildman–Crippen MR) is 78.0 cm³/mol. The Morgan fingerprint density at radius 2 is 2.00 bits per heavy atom. The molecule has 0 atom stereocenters. The minimum atomic E-state index is -0.478. The van der Waals surface area contributed by atoms with Crippen LogP contribution in [0, 0.1) is 6.92 Å². The van der Waals surface area contributed by atoms with E-state index < -0.39 is 5.69 Å². The number of para-hydroxylation sites is 1. The van der Waals surface area contributed by atoms with Gasteiger partial charge in [-0.3, -0.25) is 19.1 Å². The molecule has 110 valence electrons. The Kier molecular flexibility index (Phi) is 4.37. The maximum Gasteiger partial charge on any atom is 0.328 e. The summed E-state index contributed by atoms with van der Waals surface area (Å²) in [6, 6.07) is 6.93. The minimum Gasteiger partial charge on any atom is -0.491 e. The van der Waals surface area contributed by atoms with Crippen molar-refractivity contribution in [1.82, 2.24) is 9.55 Å². The third kappa shape index (κ3) is 3.47. The maximum atomic E-state index is 11.6. The van der Waals surface area contributed by atoms with Crippen molar-refractivity contribution in [2.75, 3.05) is 6.61 Å². The van der Waals surface area contributed by atoms with E-state index in [0.717, 1.165) is 0 Å². The lowest BCUT2D eigenvalue weighted by Gasteiger charge is -2.10. The van der Waals surface area contributed by atoms with Crippen LogP contribution in [-0.4, -0.2) is 21.9 Å². The molecule has 21 heavy (non-hydrogen) atoms. The summed E-state index contributed by atoms with van der Waals surface area (Å²) >= 11 is 0. The Hall–Kier alpha value is -2.63. The van der Waals surface area contributed by atoms with Gasteiger partial charge in [0.25, 0.3) is 5.56 Å². The van der Waals surface area contributed by atoms with Crippen LogP contribution in [0.1, 0.15) is 22.8 Å². The number of benzene rings is 1. The Morgan fingerprint density at radius 3 is 2.71 bits per heavy atom. The molecule has 0 unspecified atom stereocenters. The fourth-order valence-electron chi connectivity index (χ4n) is 1.92. The molecule has 6 nitrogen and oxygen atoms in total. The highest BCUT2D eigenvalue weighted by molar-refractivity contribution is 5.96. The highest BCUT2D eigenvalue weighted by Gasteiger charge is 2.07. The first-order valence-corrected chi connectivity index (χ1v) is 6.52. The lowest BCUT2D eigenvalue weighted by atomic mass is 10.1. The smallest absolute Gasteiger partial charge is 0.328 e. The highest BCUT2D eigenvalue weighted by Crippen LogP contribution is 2.18. The van der Waals surface area contributed by atoms with Gasteiger partial charge in [0.15, 0.2) is 5.78 Å². The van der Waals surface area contributed by atoms with Crippen LogP contribution in [0.15, 0.2) is 40.1 Å². The molecule has 0 fully saturated rings. The first kappa shape index (κ1) is 14.8. The molecule has 0 bridgehead atoms. The summed E-state index contributed by atoms with van der Waals surface area (Å²) in [5.41, 5.74) is 0.0920. The molecule has 1 aromatic carbocycles. The predicted octanol–water partition coefficient (Wildman–Crippen LogP) is 1.13. The van der Waals surface area contributed by atoms with Gasteiger partial charge in [-0.25, -0.2) is 4.79 Å². The van der Waals surface area contributed by atoms with Crippen molar-refractivity contribution in [2.24, 2.45) is 0 Å². The summed E-state index contributed by atoms with van der Waals surface area (Å²) in [6.07, 6.45) is 1.49. The summed E-state index contributed by atoms with van der Waals surface area (Å²) in [6.45, 7) is 3.59. The molecule has 1 N–H and O–H groups in total. The molecule has 2 rings (SSSR count). The lowest BCUT2D eigenvalue weighted by molar-refractivity contribution is 0.101. The second-order valence-corrected chi connectivity index (χ2v) is 4.67. The number of ether oxygens (including phenoxy) is 1. The first-order valence-electron chi connectivity index (χ1n) is 6.52. The second kappa shape index (κ2) is 6.21. The molecule has 6 heteroatoms. The van der Waals surface area contributed by atoms with E-state index in [-0.39, 0.29) is 24.5 Å². The Morgan fingerprint density at radius 1 is 1.29 bits per heavy atom. The molecule has 0 amide bonds. The van der Waals surface area contributed by atoms with Gasteiger partial charge in [0.2, 0.25) is 0 Å². The lowest BCUT2D eigenvalue weighted by Crippen LogP contribution is -2.32. The normalized spacial score (nSPS) is 10.4. The number of Topliss-reactive ketones (excluding diaryl/α,β-unsaturated/α-hetero) is 1. The molecule has 2 aromatic rings. The van der Waals surface area contributed by atoms with Gasteiger partial charge in [-0.15, -0.1) is 0 Å². The molecule has 0 aliphatic rings. The summed E-state index contributed by atoms with van der Waals surface area (Å²) in [7, 11) is 0. The van der Waals surface area contributed by atoms with Crippen LogP contribution >= 0.6 is 0 Å². The van der Waals surface area contributed by atoms with Crippen LogP contribution in [0.3, 0.4) is 0 Å². The third-order valence-electron chi connectivity index (χ3n) is 3.05. The molecular formula is C15H16N2O4. The molecule has 0 spiro atoms. The Labute approximate surface area is 121 Å². The number of ketones is 1. The van der Waals surface area contributed by atoms with Gasteiger partial charge in [0.05, 0.1) is 12.1 Å². The van der Waals surface area contributed by atoms with Crippen LogP contribution < -0.4 is 16.0 Å². The van der Waals surface area contributed by atoms with E-state index in [1.807, 2.05) is 0 Å². The summed E-state index contributed by atoms with van der Waals surface area (Å²) in [5, 5.41) is 0. The van der Waals surface area contributed by atoms with E-state index in [1.54, 1.807) is 31.2 Å². The minimum absolute atomic E-state index is 0.0809. The first-order chi connectivity index (χ1) is 9.99. The number of aromatic amines is 1. The molecule has 0 radical (unpaired) electrons. The van der Waals surface area contributed by atoms with E-state index in [9.17, 15) is 14.4 Å². The number of H-pyrrole nitrogens is 1. The van der Waals surface area contributed by atoms with E-state index in [4.69, 9.17) is 4.74 Å². The standard InChI is InChI=1S/C15H16N2O4/c1-10-9-17(15(20)16-14(10)19)7-8-21-13-6-4-3-5-12(13)11(2)18/h3-6,9H,7-8H2,1-2H3,(H,16,19,20). The average molecular weight is 288 g/mol. The monoisotopic (exact) mass is 288 g/mol. The number of nitrogens with one attached hydrogen (secondary N) is 1. The number of aromatic nitrogens is 2. The number of carbonyl (C=O) groups is 1. The van der Waals surface area contributed by atoms with Crippen molar-refractivity contribution in [3.63, 3.8) is 0 Å². The SMILES string of the molecule is CC(=O)c1ccccc1OCCn1cc(C)c(=O)[nH]c1=O. The number of hydrogen-bond donors (Lipinski definition) is 1. The van der Waals surface area contributed by atoms with Gasteiger partial charge in [-0.1, -0.05) is 12.1 Å². The van der Waals surface area contributed by atoms with Crippen LogP contribution in [0.25, 0.3) is 0 Å². The fraction of sp³-hybridized carbons (Fsp3) is 0.267. The molecule has 0 saturated carbocycles. The number of aryl methyl sites for hydroxylation is 1. The van der Waals surface area contributed by atoms with Gasteiger partial charge in [0.1, 0.15) is 12.4 Å². The van der Waals surface area contributed by atoms with Gasteiger partial charge >= 0.3 is 5.69 Å². The molecule has 0 aliphatic heterocycles. The van der Waals surface area contributed by atoms with Gasteiger partial charge in [0, 0.05) is 11.8 Å². The highest BCUT2D eigenvalue weighted by atomic mass is 16.5. The van der Waals surface area contributed by atoms with Crippen LogP contribution in [-0.2, 0) is 6.54 Å². The van der Waals surface area contributed by atoms with E-state index in [2.05, 4.69) is 4.98 Å². The zero-order valence-electron chi connectivity index (χ0n) is 11.9. The number of nitrogens with zero attached hydrogens (tertiary/aromatic N) is 1. The topological polar surface area (TPSA) is 81.2 Å². The molecular weight excluding hydrogens is 272 g/mol. The second-order valence-electron chi connectivity index (χ2n) is 4.67. The van der Waals surface area contributed by atoms with E-state index >= 15 is 0 Å². The molecule has 0 saturated heterocycles. The van der Waals surface area contributed by atoms with Crippen molar-refractivity contribution in [3.05, 3.63) is 62.4 Å². The van der Waals surface area contributed by atoms with Crippen LogP contribution in [0.2, 0.25) is 0 Å². The number of carbonyl (C=O) groups excluding carboxylic acids is 1. The van der Waals surface area contributed by atoms with Gasteiger partial charge in [-0.05, 0) is 26.0 Å². The van der Waals surface area contributed by atoms with Crippen molar-refractivity contribution in [2.45, 2.75) is 20.4 Å². The van der Waals surface area contributed by atoms with Crippen molar-refractivity contribution >= 4 is 5.78 Å². The summed E-state index contributed by atoms with van der Waals surface area (Å²) in [5.74, 6) is 0.404. The Balaban J connectivity index is 2.09. The van der Waals surface area contributed by atoms with Crippen molar-refractivity contribution in [3.8, 4) is 5.75 Å². The maximum absolute atomic E-state index is 11.6. The molecule has 1 heterocycles. The quantitative estimate of drug-likeness (QED) is 0.836. The zero-order valence-corrected chi connectivity index (χ0v) is 11.9. The van der Waals surface area contributed by atoms with Gasteiger partial charge in [-0.2, -0.15) is 0 Å². The number of hydrogen-bond acceptors (Lipinski definition) is 4. The van der Waals surface area contributed by atoms with Crippen molar-refractivity contribution in [1.29, 1.82) is 0 Å². The van der Waals surface area contributed by atoms with Crippen LogP contribution in [0.4, 0.5) is 0 Å². The largest absolute Gasteiger partial charge is 0.491 e. The Bertz CT molecular complexity index is 774. The van der Waals surface area contributed by atoms with Gasteiger partial charge < -0.3 is 4.74 Å². The average Bonchev–Trinajstić information content (AvgIpc) is 2.44. The van der Waals surface area contributed by atoms with Crippen molar-refractivity contribution < 1.29 is 9.53 Å². The summed E-state index contributed by atoms with van der Waals surface area (Å²) < 4.78 is 6.92.